The third kappa shape index (κ3) is 7.34. The van der Waals surface area contributed by atoms with Crippen LogP contribution in [-0.2, 0) is 30.4 Å². The van der Waals surface area contributed by atoms with Crippen LogP contribution in [-0.4, -0.2) is 71.9 Å². The van der Waals surface area contributed by atoms with Gasteiger partial charge in [0.2, 0.25) is 23.0 Å². The minimum atomic E-state index is -5.28. The van der Waals surface area contributed by atoms with Crippen LogP contribution in [0.15, 0.2) is 98.7 Å². The molecule has 0 aliphatic heterocycles. The van der Waals surface area contributed by atoms with Crippen molar-refractivity contribution in [1.29, 1.82) is 0 Å². The van der Waals surface area contributed by atoms with Gasteiger partial charge in [0.15, 0.2) is 5.71 Å². The summed E-state index contributed by atoms with van der Waals surface area (Å²) in [7, 11) is -15.2. The number of Topliss-reactive ketones (excluding diaryl/α,β-unsaturated/α-hetero) is 1. The summed E-state index contributed by atoms with van der Waals surface area (Å²) >= 11 is 6.23. The number of nitrogens with zero attached hydrogens (tertiary/aromatic N) is 5. The molecule has 0 radical (unpaired) electrons. The van der Waals surface area contributed by atoms with Gasteiger partial charge in [0.05, 0.1) is 21.8 Å². The van der Waals surface area contributed by atoms with Crippen LogP contribution in [0.5, 0.6) is 0 Å². The number of hydrogen-bond donors (Lipinski definition) is 5. The lowest BCUT2D eigenvalue weighted by molar-refractivity contribution is 0.106. The zero-order valence-corrected chi connectivity index (χ0v) is 29.5. The first-order valence-electron chi connectivity index (χ1n) is 14.7. The molecule has 4 aromatic carbocycles. The summed E-state index contributed by atoms with van der Waals surface area (Å²) in [6.45, 7) is 2.18. The van der Waals surface area contributed by atoms with Crippen LogP contribution in [0, 0.1) is 0 Å². The van der Waals surface area contributed by atoms with Crippen molar-refractivity contribution >= 4 is 99.3 Å². The van der Waals surface area contributed by atoms with E-state index in [1.807, 2.05) is 6.92 Å². The fourth-order valence-corrected chi connectivity index (χ4v) is 7.62. The van der Waals surface area contributed by atoms with E-state index in [1.165, 1.54) is 24.3 Å². The monoisotopic (exact) mass is 785 g/mol. The molecule has 0 bridgehead atoms. The Morgan fingerprint density at radius 2 is 1.50 bits per heavy atom. The Labute approximate surface area is 301 Å². The van der Waals surface area contributed by atoms with Crippen molar-refractivity contribution in [3.63, 3.8) is 0 Å². The first-order chi connectivity index (χ1) is 24.5. The number of hydrazone groups is 1. The molecule has 1 aliphatic carbocycles. The van der Waals surface area contributed by atoms with Crippen LogP contribution in [0.25, 0.3) is 16.8 Å². The highest BCUT2D eigenvalue weighted by molar-refractivity contribution is 7.91. The van der Waals surface area contributed by atoms with E-state index in [0.29, 0.717) is 17.6 Å². The number of anilines is 5. The van der Waals surface area contributed by atoms with Gasteiger partial charge in [-0.25, -0.2) is 0 Å². The molecule has 0 saturated carbocycles. The number of aromatic nitrogens is 3. The Kier molecular flexibility index (Phi) is 9.57. The van der Waals surface area contributed by atoms with Crippen molar-refractivity contribution in [1.82, 2.24) is 15.0 Å². The number of nitrogens with one attached hydrogen (secondary N) is 2. The minimum Gasteiger partial charge on any atom is -0.323 e. The molecule has 1 aliphatic rings. The van der Waals surface area contributed by atoms with Gasteiger partial charge < -0.3 is 10.2 Å². The molecule has 1 heterocycles. The maximum absolute atomic E-state index is 14.1. The predicted molar refractivity (Wildman–Crippen MR) is 192 cm³/mol. The Bertz CT molecular complexity index is 2690. The second kappa shape index (κ2) is 13.7. The fourth-order valence-electron chi connectivity index (χ4n) is 5.40. The summed E-state index contributed by atoms with van der Waals surface area (Å²) in [5, 5.41) is 6.70. The molecule has 0 unspecified atom stereocenters. The normalized spacial score (nSPS) is 14.2. The van der Waals surface area contributed by atoms with Crippen molar-refractivity contribution in [2.45, 2.75) is 16.7 Å². The number of benzene rings is 4. The average molecular weight is 786 g/mol. The fraction of sp³-hybridized carbons (Fsp3) is 0.0645. The SMILES string of the molecule is CCN(c1ccccc1)c1nc(Cl)nc(Nc2cc(S(=O)(=O)O)cc3c2C(=O)/C(=N/Nc2ccc4ccccc4c2S(=O)(=O)O)C(S(=O)(=O)O)=C3)n1. The van der Waals surface area contributed by atoms with E-state index >= 15 is 0 Å². The number of para-hydroxylation sites is 1. The van der Waals surface area contributed by atoms with Gasteiger partial charge >= 0.3 is 0 Å². The summed E-state index contributed by atoms with van der Waals surface area (Å²) in [4.78, 5) is 25.8. The number of rotatable bonds is 10. The lowest BCUT2D eigenvalue weighted by Gasteiger charge is -2.22. The first-order valence-corrected chi connectivity index (χ1v) is 19.4. The zero-order valence-electron chi connectivity index (χ0n) is 26.3. The summed E-state index contributed by atoms with van der Waals surface area (Å²) in [5.74, 6) is -1.48. The van der Waals surface area contributed by atoms with Crippen LogP contribution in [0.2, 0.25) is 5.28 Å². The lowest BCUT2D eigenvalue weighted by Crippen LogP contribution is -2.28. The van der Waals surface area contributed by atoms with E-state index in [1.54, 1.807) is 47.4 Å². The summed E-state index contributed by atoms with van der Waals surface area (Å²) in [5.41, 5.74) is 0.428. The molecule has 0 atom stereocenters. The lowest BCUT2D eigenvalue weighted by atomic mass is 9.93. The number of carbonyl (C=O) groups excluding carboxylic acids is 1. The highest BCUT2D eigenvalue weighted by atomic mass is 35.5. The maximum atomic E-state index is 14.1. The van der Waals surface area contributed by atoms with Gasteiger partial charge in [-0.2, -0.15) is 45.3 Å². The summed E-state index contributed by atoms with van der Waals surface area (Å²) in [6, 6.07) is 19.3. The molecule has 0 spiro atoms. The molecule has 268 valence electrons. The molecule has 17 nitrogen and oxygen atoms in total. The van der Waals surface area contributed by atoms with Crippen molar-refractivity contribution in [3.8, 4) is 0 Å². The van der Waals surface area contributed by atoms with Crippen molar-refractivity contribution in [3.05, 3.63) is 100 Å². The maximum Gasteiger partial charge on any atom is 0.297 e. The van der Waals surface area contributed by atoms with Gasteiger partial charge in [-0.1, -0.05) is 48.5 Å². The van der Waals surface area contributed by atoms with Gasteiger partial charge in [0, 0.05) is 17.6 Å². The van der Waals surface area contributed by atoms with E-state index in [9.17, 15) is 43.7 Å². The molecule has 0 saturated heterocycles. The van der Waals surface area contributed by atoms with Crippen molar-refractivity contribution < 1.29 is 43.7 Å². The molecule has 52 heavy (non-hydrogen) atoms. The van der Waals surface area contributed by atoms with Crippen LogP contribution >= 0.6 is 11.6 Å². The zero-order chi connectivity index (χ0) is 37.6. The Morgan fingerprint density at radius 3 is 2.15 bits per heavy atom. The summed E-state index contributed by atoms with van der Waals surface area (Å²) < 4.78 is 105. The second-order valence-electron chi connectivity index (χ2n) is 10.9. The molecule has 5 aromatic rings. The number of carbonyl (C=O) groups is 1. The van der Waals surface area contributed by atoms with Crippen molar-refractivity contribution in [2.75, 3.05) is 22.2 Å². The highest BCUT2D eigenvalue weighted by Gasteiger charge is 2.36. The number of ketones is 1. The van der Waals surface area contributed by atoms with Gasteiger partial charge in [-0.3, -0.25) is 23.9 Å². The van der Waals surface area contributed by atoms with E-state index < -0.39 is 67.7 Å². The summed E-state index contributed by atoms with van der Waals surface area (Å²) in [6.07, 6.45) is 0.719. The number of halogens is 1. The molecular formula is C31H24ClN7O10S3. The number of fused-ring (bicyclic) bond motifs is 2. The quantitative estimate of drug-likeness (QED) is 0.0925. The molecule has 6 rings (SSSR count). The smallest absolute Gasteiger partial charge is 0.297 e. The molecule has 5 N–H and O–H groups in total. The Balaban J connectivity index is 1.51. The topological polar surface area (TPSA) is 259 Å². The van der Waals surface area contributed by atoms with E-state index in [4.69, 9.17) is 11.6 Å². The number of hydrogen-bond acceptors (Lipinski definition) is 14. The standard InChI is InChI=1S/C31H24ClN7O10S3/c1-2-39(19-9-4-3-5-10-19)31-35-29(32)34-30(36-31)33-23-16-20(50(41,42)43)14-18-15-24(51(44,45)46)26(27(40)25(18)23)38-37-22-13-12-17-8-6-7-11-21(17)28(22)52(47,48)49/h3-16,37H,2H2,1H3,(H,41,42,43)(H,44,45,46)(H,47,48,49)(H,33,34,35,36)/b38-26+. The van der Waals surface area contributed by atoms with Crippen LogP contribution in [0.1, 0.15) is 22.8 Å². The van der Waals surface area contributed by atoms with E-state index in [2.05, 4.69) is 30.8 Å². The third-order valence-electron chi connectivity index (χ3n) is 7.57. The highest BCUT2D eigenvalue weighted by Crippen LogP contribution is 2.36. The largest absolute Gasteiger partial charge is 0.323 e. The minimum absolute atomic E-state index is 0.0485. The number of allylic oxidation sites excluding steroid dienone is 1. The van der Waals surface area contributed by atoms with E-state index in [-0.39, 0.29) is 33.9 Å². The second-order valence-corrected chi connectivity index (χ2v) is 15.4. The van der Waals surface area contributed by atoms with Gasteiger partial charge in [0.25, 0.3) is 30.4 Å². The van der Waals surface area contributed by atoms with Crippen molar-refractivity contribution in [2.24, 2.45) is 5.10 Å². The molecular weight excluding hydrogens is 762 g/mol. The Morgan fingerprint density at radius 1 is 0.808 bits per heavy atom. The van der Waals surface area contributed by atoms with Gasteiger partial charge in [-0.05, 0) is 65.9 Å². The van der Waals surface area contributed by atoms with Crippen LogP contribution in [0.3, 0.4) is 0 Å². The van der Waals surface area contributed by atoms with Crippen LogP contribution < -0.4 is 15.6 Å². The Hall–Kier alpha value is -5.35. The van der Waals surface area contributed by atoms with E-state index in [0.717, 1.165) is 18.2 Å². The molecule has 1 aromatic heterocycles. The van der Waals surface area contributed by atoms with Crippen LogP contribution in [0.4, 0.5) is 29.0 Å². The first kappa shape index (κ1) is 36.4. The molecule has 0 fully saturated rings. The van der Waals surface area contributed by atoms with Gasteiger partial charge in [0.1, 0.15) is 9.80 Å². The molecule has 0 amide bonds. The third-order valence-corrected chi connectivity index (χ3v) is 10.4. The predicted octanol–water partition coefficient (Wildman–Crippen LogP) is 4.97. The molecule has 21 heteroatoms. The average Bonchev–Trinajstić information content (AvgIpc) is 3.06. The van der Waals surface area contributed by atoms with Gasteiger partial charge in [-0.15, -0.1) is 0 Å².